The zero-order valence-electron chi connectivity index (χ0n) is 12.9. The van der Waals surface area contributed by atoms with Gasteiger partial charge in [0.1, 0.15) is 11.9 Å². The number of para-hydroxylation sites is 1. The van der Waals surface area contributed by atoms with Crippen molar-refractivity contribution in [3.63, 3.8) is 0 Å². The molecule has 0 radical (unpaired) electrons. The van der Waals surface area contributed by atoms with E-state index in [0.717, 1.165) is 47.0 Å². The third kappa shape index (κ3) is 2.88. The summed E-state index contributed by atoms with van der Waals surface area (Å²) in [6.45, 7) is 0. The van der Waals surface area contributed by atoms with Crippen LogP contribution in [0.15, 0.2) is 24.4 Å². The van der Waals surface area contributed by atoms with Crippen molar-refractivity contribution >= 4 is 17.6 Å². The van der Waals surface area contributed by atoms with Crippen LogP contribution in [-0.4, -0.2) is 34.5 Å². The lowest BCUT2D eigenvalue weighted by Gasteiger charge is -2.24. The van der Waals surface area contributed by atoms with Gasteiger partial charge in [-0.3, -0.25) is 4.68 Å². The number of aryl methyl sites for hydroxylation is 1. The zero-order valence-corrected chi connectivity index (χ0v) is 13.7. The molecule has 1 aliphatic rings. The first-order valence-electron chi connectivity index (χ1n) is 7.40. The Morgan fingerprint density at radius 2 is 2.05 bits per heavy atom. The lowest BCUT2D eigenvalue weighted by Crippen LogP contribution is -2.22. The normalized spacial score (nSPS) is 15.7. The Morgan fingerprint density at radius 3 is 2.68 bits per heavy atom. The summed E-state index contributed by atoms with van der Waals surface area (Å²) in [6.07, 6.45) is 4.17. The molecule has 2 aromatic rings. The van der Waals surface area contributed by atoms with Crippen molar-refractivity contribution in [3.05, 3.63) is 24.4 Å². The molecule has 0 bridgehead atoms. The van der Waals surface area contributed by atoms with E-state index in [1.807, 2.05) is 37.0 Å². The van der Waals surface area contributed by atoms with Crippen molar-refractivity contribution in [1.82, 2.24) is 9.78 Å². The lowest BCUT2D eigenvalue weighted by molar-refractivity contribution is 0.185. The minimum Gasteiger partial charge on any atom is -0.492 e. The second-order valence-corrected chi connectivity index (χ2v) is 6.56. The van der Waals surface area contributed by atoms with Gasteiger partial charge >= 0.3 is 0 Å². The molecule has 5 nitrogen and oxygen atoms in total. The van der Waals surface area contributed by atoms with Crippen molar-refractivity contribution < 1.29 is 9.47 Å². The van der Waals surface area contributed by atoms with Crippen LogP contribution in [0, 0.1) is 0 Å². The SMILES string of the molecule is COc1c(OC2CCSCC2)cccc1-c1cnn(C)c1N. The summed E-state index contributed by atoms with van der Waals surface area (Å²) in [7, 11) is 3.49. The van der Waals surface area contributed by atoms with Crippen LogP contribution in [0.5, 0.6) is 11.5 Å². The molecule has 3 rings (SSSR count). The van der Waals surface area contributed by atoms with Crippen LogP contribution in [0.3, 0.4) is 0 Å². The molecule has 0 amide bonds. The van der Waals surface area contributed by atoms with E-state index in [0.29, 0.717) is 5.82 Å². The van der Waals surface area contributed by atoms with Gasteiger partial charge in [0.2, 0.25) is 0 Å². The highest BCUT2D eigenvalue weighted by Crippen LogP contribution is 2.41. The fourth-order valence-electron chi connectivity index (χ4n) is 2.66. The highest BCUT2D eigenvalue weighted by atomic mass is 32.2. The number of anilines is 1. The molecule has 1 aromatic heterocycles. The maximum absolute atomic E-state index is 6.18. The number of nitrogens with two attached hydrogens (primary N) is 1. The van der Waals surface area contributed by atoms with Gasteiger partial charge in [0, 0.05) is 18.2 Å². The van der Waals surface area contributed by atoms with Crippen molar-refractivity contribution in [1.29, 1.82) is 0 Å². The smallest absolute Gasteiger partial charge is 0.168 e. The summed E-state index contributed by atoms with van der Waals surface area (Å²) in [5, 5.41) is 4.21. The molecule has 6 heteroatoms. The number of benzene rings is 1. The number of methoxy groups -OCH3 is 1. The Labute approximate surface area is 134 Å². The summed E-state index contributed by atoms with van der Waals surface area (Å²) in [4.78, 5) is 0. The van der Waals surface area contributed by atoms with E-state index in [4.69, 9.17) is 15.2 Å². The molecule has 1 saturated heterocycles. The second kappa shape index (κ2) is 6.52. The van der Waals surface area contributed by atoms with E-state index in [1.54, 1.807) is 18.0 Å². The summed E-state index contributed by atoms with van der Waals surface area (Å²) >= 11 is 1.99. The van der Waals surface area contributed by atoms with Crippen LogP contribution in [0.2, 0.25) is 0 Å². The number of hydrogen-bond donors (Lipinski definition) is 1. The summed E-state index contributed by atoms with van der Waals surface area (Å²) in [5.74, 6) is 4.43. The summed E-state index contributed by atoms with van der Waals surface area (Å²) < 4.78 is 13.4. The Hall–Kier alpha value is -1.82. The van der Waals surface area contributed by atoms with Gasteiger partial charge in [-0.15, -0.1) is 0 Å². The third-order valence-corrected chi connectivity index (χ3v) is 4.97. The summed E-state index contributed by atoms with van der Waals surface area (Å²) in [6, 6.07) is 5.91. The second-order valence-electron chi connectivity index (χ2n) is 5.33. The molecule has 22 heavy (non-hydrogen) atoms. The first-order chi connectivity index (χ1) is 10.7. The van der Waals surface area contributed by atoms with E-state index in [-0.39, 0.29) is 6.10 Å². The summed E-state index contributed by atoms with van der Waals surface area (Å²) in [5.41, 5.74) is 7.87. The number of nitrogens with zero attached hydrogens (tertiary/aromatic N) is 2. The van der Waals surface area contributed by atoms with Gasteiger partial charge in [0.15, 0.2) is 11.5 Å². The highest BCUT2D eigenvalue weighted by Gasteiger charge is 2.20. The molecule has 0 saturated carbocycles. The van der Waals surface area contributed by atoms with Gasteiger partial charge in [-0.25, -0.2) is 0 Å². The lowest BCUT2D eigenvalue weighted by atomic mass is 10.1. The Morgan fingerprint density at radius 1 is 1.27 bits per heavy atom. The maximum Gasteiger partial charge on any atom is 0.168 e. The maximum atomic E-state index is 6.18. The van der Waals surface area contributed by atoms with Crippen molar-refractivity contribution in [3.8, 4) is 22.6 Å². The number of nitrogen functional groups attached to an aromatic ring is 1. The number of aromatic nitrogens is 2. The predicted octanol–water partition coefficient (Wildman–Crippen LogP) is 2.95. The van der Waals surface area contributed by atoms with Gasteiger partial charge in [-0.2, -0.15) is 16.9 Å². The van der Waals surface area contributed by atoms with Gasteiger partial charge < -0.3 is 15.2 Å². The monoisotopic (exact) mass is 319 g/mol. The number of rotatable bonds is 4. The Kier molecular flexibility index (Phi) is 4.47. The molecule has 2 heterocycles. The van der Waals surface area contributed by atoms with Crippen molar-refractivity contribution in [2.24, 2.45) is 7.05 Å². The standard InChI is InChI=1S/C16H21N3O2S/c1-19-16(17)13(10-18-19)12-4-3-5-14(15(12)20-2)21-11-6-8-22-9-7-11/h3-5,10-11H,6-9,17H2,1-2H3. The molecule has 1 aromatic carbocycles. The number of ether oxygens (including phenoxy) is 2. The largest absolute Gasteiger partial charge is 0.492 e. The number of thioether (sulfide) groups is 1. The van der Waals surface area contributed by atoms with E-state index in [1.165, 1.54) is 0 Å². The van der Waals surface area contributed by atoms with Crippen molar-refractivity contribution in [2.45, 2.75) is 18.9 Å². The van der Waals surface area contributed by atoms with Gasteiger partial charge in [-0.05, 0) is 30.4 Å². The molecule has 118 valence electrons. The first-order valence-corrected chi connectivity index (χ1v) is 8.55. The Bertz CT molecular complexity index is 651. The van der Waals surface area contributed by atoms with Gasteiger partial charge in [-0.1, -0.05) is 12.1 Å². The fraction of sp³-hybridized carbons (Fsp3) is 0.438. The molecule has 1 fully saturated rings. The molecular formula is C16H21N3O2S. The van der Waals surface area contributed by atoms with Gasteiger partial charge in [0.05, 0.1) is 13.3 Å². The van der Waals surface area contributed by atoms with Crippen LogP contribution in [-0.2, 0) is 7.05 Å². The predicted molar refractivity (Wildman–Crippen MR) is 90.6 cm³/mol. The molecule has 1 aliphatic heterocycles. The molecule has 0 spiro atoms. The van der Waals surface area contributed by atoms with Crippen LogP contribution in [0.25, 0.3) is 11.1 Å². The van der Waals surface area contributed by atoms with E-state index < -0.39 is 0 Å². The van der Waals surface area contributed by atoms with Crippen LogP contribution >= 0.6 is 11.8 Å². The fourth-order valence-corrected chi connectivity index (χ4v) is 3.72. The zero-order chi connectivity index (χ0) is 15.5. The van der Waals surface area contributed by atoms with E-state index in [9.17, 15) is 0 Å². The molecule has 0 aliphatic carbocycles. The van der Waals surface area contributed by atoms with Crippen molar-refractivity contribution in [2.75, 3.05) is 24.3 Å². The minimum atomic E-state index is 0.261. The molecule has 0 atom stereocenters. The topological polar surface area (TPSA) is 62.3 Å². The molecule has 0 unspecified atom stereocenters. The van der Waals surface area contributed by atoms with Crippen LogP contribution in [0.1, 0.15) is 12.8 Å². The number of hydrogen-bond acceptors (Lipinski definition) is 5. The molecule has 2 N–H and O–H groups in total. The van der Waals surface area contributed by atoms with E-state index in [2.05, 4.69) is 5.10 Å². The van der Waals surface area contributed by atoms with E-state index >= 15 is 0 Å². The Balaban J connectivity index is 1.94. The average molecular weight is 319 g/mol. The van der Waals surface area contributed by atoms with Crippen LogP contribution in [0.4, 0.5) is 5.82 Å². The first kappa shape index (κ1) is 15.1. The highest BCUT2D eigenvalue weighted by molar-refractivity contribution is 7.99. The van der Waals surface area contributed by atoms with Crippen LogP contribution < -0.4 is 15.2 Å². The minimum absolute atomic E-state index is 0.261. The third-order valence-electron chi connectivity index (χ3n) is 3.92. The van der Waals surface area contributed by atoms with Gasteiger partial charge in [0.25, 0.3) is 0 Å². The average Bonchev–Trinajstić information content (AvgIpc) is 2.88. The quantitative estimate of drug-likeness (QED) is 0.939. The molecular weight excluding hydrogens is 298 g/mol.